The molecule has 59 heavy (non-hydrogen) atoms. The fourth-order valence-electron chi connectivity index (χ4n) is 7.70. The number of carbonyl (C=O) groups excluding carboxylic acids is 3. The molecule has 0 saturated carbocycles. The van der Waals surface area contributed by atoms with Crippen LogP contribution in [0.25, 0.3) is 15.4 Å². The van der Waals surface area contributed by atoms with Gasteiger partial charge in [0.15, 0.2) is 5.82 Å². The molecule has 0 bridgehead atoms. The minimum Gasteiger partial charge on any atom is -0.493 e. The molecule has 5 heterocycles. The zero-order chi connectivity index (χ0) is 42.3. The normalized spacial score (nSPS) is 18.6. The van der Waals surface area contributed by atoms with Crippen LogP contribution in [-0.4, -0.2) is 84.5 Å². The third-order valence-corrected chi connectivity index (χ3v) is 13.3. The second-order valence-corrected chi connectivity index (χ2v) is 18.6. The summed E-state index contributed by atoms with van der Waals surface area (Å²) >= 11 is 3.29. The van der Waals surface area contributed by atoms with Gasteiger partial charge in [-0.3, -0.25) is 23.9 Å². The largest absolute Gasteiger partial charge is 0.493 e. The molecule has 5 aromatic rings. The van der Waals surface area contributed by atoms with Gasteiger partial charge in [-0.2, -0.15) is 0 Å². The fourth-order valence-corrected chi connectivity index (χ4v) is 9.73. The van der Waals surface area contributed by atoms with Crippen molar-refractivity contribution in [3.05, 3.63) is 98.5 Å². The summed E-state index contributed by atoms with van der Waals surface area (Å²) in [5, 5.41) is 26.5. The second-order valence-electron chi connectivity index (χ2n) is 16.6. The number of hydrogen-bond acceptors (Lipinski definition) is 11. The Bertz CT molecular complexity index is 2390. The van der Waals surface area contributed by atoms with Crippen LogP contribution in [0.5, 0.6) is 5.75 Å². The molecule has 2 aliphatic rings. The topological polar surface area (TPSA) is 164 Å². The molecule has 0 spiro atoms. The summed E-state index contributed by atoms with van der Waals surface area (Å²) in [5.74, 6) is 1.10. The number of nitrogens with zero attached hydrogens (tertiary/aromatic N) is 6. The molecule has 3 aromatic heterocycles. The van der Waals surface area contributed by atoms with E-state index in [-0.39, 0.29) is 49.9 Å². The molecule has 5 atom stereocenters. The highest BCUT2D eigenvalue weighted by Crippen LogP contribution is 2.39. The number of β-amino-alcohol motifs (C(OH)–C–C–N with tert-alkyl or cyclic N) is 1. The summed E-state index contributed by atoms with van der Waals surface area (Å²) in [6, 6.07) is 13.3. The van der Waals surface area contributed by atoms with Gasteiger partial charge in [0.1, 0.15) is 34.7 Å². The first-order valence-corrected chi connectivity index (χ1v) is 21.6. The maximum Gasteiger partial charge on any atom is 0.246 e. The zero-order valence-electron chi connectivity index (χ0n) is 35.0. The van der Waals surface area contributed by atoms with Crippen molar-refractivity contribution in [2.24, 2.45) is 10.4 Å². The fraction of sp³-hybridized carbons (Fsp3) is 0.432. The number of aliphatic hydroxyl groups is 1. The number of thiazole rings is 1. The summed E-state index contributed by atoms with van der Waals surface area (Å²) in [6.07, 6.45) is -0.757. The number of nitrogens with one attached hydrogen (secondary N) is 2. The van der Waals surface area contributed by atoms with Gasteiger partial charge in [-0.25, -0.2) is 4.98 Å². The van der Waals surface area contributed by atoms with E-state index in [0.29, 0.717) is 5.75 Å². The Morgan fingerprint density at radius 1 is 0.983 bits per heavy atom. The number of fused-ring (bicyclic) bond motifs is 3. The Kier molecular flexibility index (Phi) is 11.9. The van der Waals surface area contributed by atoms with Crippen LogP contribution in [0.2, 0.25) is 0 Å². The van der Waals surface area contributed by atoms with E-state index < -0.39 is 29.5 Å². The lowest BCUT2D eigenvalue weighted by Crippen LogP contribution is -2.58. The summed E-state index contributed by atoms with van der Waals surface area (Å²) < 4.78 is 8.12. The van der Waals surface area contributed by atoms with Gasteiger partial charge in [-0.1, -0.05) is 45.0 Å². The SMILES string of the molecule is Cc1ncsc1-c1ccc([C@H](C)NC(=O)[C@@H]2C[C@@H](O)CN2C(=O)C(NC(=O)CCOc2ccc(C3=N[C@@H](C)c4nnc(C)n4-c4sc(C)c(C)c43)cc2)C(C)(C)C)cc1. The number of aliphatic hydroxyl groups excluding tert-OH is 1. The maximum absolute atomic E-state index is 14.2. The van der Waals surface area contributed by atoms with E-state index >= 15 is 0 Å². The first-order valence-electron chi connectivity index (χ1n) is 19.9. The summed E-state index contributed by atoms with van der Waals surface area (Å²) in [7, 11) is 0. The van der Waals surface area contributed by atoms with Crippen molar-refractivity contribution in [3.63, 3.8) is 0 Å². The number of aliphatic imine (C=N–C) groups is 1. The van der Waals surface area contributed by atoms with E-state index in [0.717, 1.165) is 55.2 Å². The average Bonchev–Trinajstić information content (AvgIpc) is 3.96. The number of ether oxygens (including phenoxy) is 1. The number of benzene rings is 2. The first-order chi connectivity index (χ1) is 28.0. The highest BCUT2D eigenvalue weighted by atomic mass is 32.1. The quantitative estimate of drug-likeness (QED) is 0.132. The molecular weight excluding hydrogens is 785 g/mol. The van der Waals surface area contributed by atoms with Crippen molar-refractivity contribution < 1.29 is 24.2 Å². The standard InChI is InChI=1S/C44H52N8O5S2/c1-23-27(5)59-43-36(23)37(46-26(4)40-50-49-28(6)52(40)43)30-14-16-33(17-15-30)57-19-18-35(54)48-39(44(7,8)9)42(56)51-21-32(53)20-34(51)41(55)47-24(2)29-10-12-31(13-11-29)38-25(3)45-22-58-38/h10-17,22,24,26,32,34,39,53H,18-21H2,1-9H3,(H,47,55)(H,48,54)/t24-,26-,32+,34-,39?/m0/s1. The van der Waals surface area contributed by atoms with E-state index in [1.54, 1.807) is 22.7 Å². The molecule has 310 valence electrons. The van der Waals surface area contributed by atoms with Crippen LogP contribution in [-0.2, 0) is 14.4 Å². The number of likely N-dealkylation sites (tertiary alicyclic amines) is 1. The molecule has 3 N–H and O–H groups in total. The van der Waals surface area contributed by atoms with Crippen molar-refractivity contribution in [2.45, 2.75) is 105 Å². The molecule has 3 amide bonds. The number of rotatable bonds is 11. The van der Waals surface area contributed by atoms with Crippen molar-refractivity contribution in [1.29, 1.82) is 0 Å². The van der Waals surface area contributed by atoms with E-state index in [9.17, 15) is 19.5 Å². The van der Waals surface area contributed by atoms with Gasteiger partial charge in [-0.15, -0.1) is 32.9 Å². The van der Waals surface area contributed by atoms with Crippen molar-refractivity contribution in [2.75, 3.05) is 13.2 Å². The van der Waals surface area contributed by atoms with Gasteiger partial charge in [0.25, 0.3) is 0 Å². The summed E-state index contributed by atoms with van der Waals surface area (Å²) in [5.41, 5.74) is 8.14. The number of thiophene rings is 1. The number of amides is 3. The Balaban J connectivity index is 0.964. The van der Waals surface area contributed by atoms with Crippen LogP contribution in [0, 0.1) is 33.1 Å². The van der Waals surface area contributed by atoms with Crippen molar-refractivity contribution >= 4 is 46.1 Å². The van der Waals surface area contributed by atoms with Crippen LogP contribution in [0.1, 0.15) is 104 Å². The molecule has 1 saturated heterocycles. The third kappa shape index (κ3) is 8.59. The molecule has 0 aliphatic carbocycles. The molecule has 15 heteroatoms. The van der Waals surface area contributed by atoms with Crippen LogP contribution < -0.4 is 15.4 Å². The Hall–Kier alpha value is -5.25. The Labute approximate surface area is 353 Å². The number of aromatic nitrogens is 4. The summed E-state index contributed by atoms with van der Waals surface area (Å²) in [6.45, 7) is 17.8. The van der Waals surface area contributed by atoms with E-state index in [1.165, 1.54) is 15.3 Å². The number of aryl methyl sites for hydroxylation is 3. The predicted octanol–water partition coefficient (Wildman–Crippen LogP) is 6.74. The molecule has 7 rings (SSSR count). The van der Waals surface area contributed by atoms with Gasteiger partial charge in [0, 0.05) is 29.0 Å². The van der Waals surface area contributed by atoms with E-state index in [2.05, 4.69) is 44.2 Å². The van der Waals surface area contributed by atoms with Crippen molar-refractivity contribution in [3.8, 4) is 21.2 Å². The maximum atomic E-state index is 14.2. The molecule has 2 aromatic carbocycles. The van der Waals surface area contributed by atoms with Crippen LogP contribution in [0.3, 0.4) is 0 Å². The average molecular weight is 837 g/mol. The molecule has 13 nitrogen and oxygen atoms in total. The lowest BCUT2D eigenvalue weighted by molar-refractivity contribution is -0.144. The number of hydrogen-bond donors (Lipinski definition) is 3. The minimum absolute atomic E-state index is 0.00507. The molecule has 0 radical (unpaired) electrons. The second kappa shape index (κ2) is 16.8. The summed E-state index contributed by atoms with van der Waals surface area (Å²) in [4.78, 5) is 54.4. The lowest BCUT2D eigenvalue weighted by atomic mass is 9.85. The Morgan fingerprint density at radius 3 is 2.34 bits per heavy atom. The van der Waals surface area contributed by atoms with Gasteiger partial charge >= 0.3 is 0 Å². The highest BCUT2D eigenvalue weighted by molar-refractivity contribution is 7.15. The third-order valence-electron chi connectivity index (χ3n) is 11.1. The lowest BCUT2D eigenvalue weighted by Gasteiger charge is -2.35. The Morgan fingerprint density at radius 2 is 1.68 bits per heavy atom. The molecular formula is C44H52N8O5S2. The first kappa shape index (κ1) is 41.9. The zero-order valence-corrected chi connectivity index (χ0v) is 36.6. The van der Waals surface area contributed by atoms with Crippen LogP contribution in [0.4, 0.5) is 0 Å². The van der Waals surface area contributed by atoms with E-state index in [1.807, 2.05) is 103 Å². The minimum atomic E-state index is -0.941. The van der Waals surface area contributed by atoms with Crippen LogP contribution in [0.15, 0.2) is 59.0 Å². The smallest absolute Gasteiger partial charge is 0.246 e. The number of carbonyl (C=O) groups is 3. The van der Waals surface area contributed by atoms with Gasteiger partial charge in [0.05, 0.1) is 47.0 Å². The molecule has 1 fully saturated rings. The van der Waals surface area contributed by atoms with Gasteiger partial charge < -0.3 is 25.4 Å². The monoisotopic (exact) mass is 836 g/mol. The molecule has 1 unspecified atom stereocenters. The van der Waals surface area contributed by atoms with E-state index in [4.69, 9.17) is 9.73 Å². The van der Waals surface area contributed by atoms with Crippen LogP contribution >= 0.6 is 22.7 Å². The van der Waals surface area contributed by atoms with Gasteiger partial charge in [0.2, 0.25) is 17.7 Å². The van der Waals surface area contributed by atoms with Gasteiger partial charge in [-0.05, 0) is 87.9 Å². The predicted molar refractivity (Wildman–Crippen MR) is 230 cm³/mol. The molecule has 2 aliphatic heterocycles. The highest BCUT2D eigenvalue weighted by Gasteiger charge is 2.44. The van der Waals surface area contributed by atoms with Crippen molar-refractivity contribution in [1.82, 2.24) is 35.3 Å².